The molecule has 20 heavy (non-hydrogen) atoms. The van der Waals surface area contributed by atoms with Crippen LogP contribution in [-0.4, -0.2) is 16.9 Å². The Balaban J connectivity index is 2.47. The smallest absolute Gasteiger partial charge is 0.162 e. The van der Waals surface area contributed by atoms with Crippen LogP contribution in [0.3, 0.4) is 0 Å². The highest BCUT2D eigenvalue weighted by Gasteiger charge is 2.24. The SMILES string of the molecule is CCCn1ncc(OC)c1C(NN)c1cc(C)c(Br)s1. The van der Waals surface area contributed by atoms with Gasteiger partial charge in [0.2, 0.25) is 0 Å². The zero-order valence-electron chi connectivity index (χ0n) is 11.8. The predicted molar refractivity (Wildman–Crippen MR) is 85.0 cm³/mol. The number of aryl methyl sites for hydroxylation is 2. The third-order valence-electron chi connectivity index (χ3n) is 3.10. The maximum atomic E-state index is 5.79. The fourth-order valence-electron chi connectivity index (χ4n) is 2.14. The van der Waals surface area contributed by atoms with Gasteiger partial charge in [-0.15, -0.1) is 11.3 Å². The fourth-order valence-corrected chi connectivity index (χ4v) is 3.77. The van der Waals surface area contributed by atoms with Crippen LogP contribution in [0.4, 0.5) is 0 Å². The van der Waals surface area contributed by atoms with E-state index in [1.54, 1.807) is 24.6 Å². The molecule has 3 N–H and O–H groups in total. The Morgan fingerprint density at radius 1 is 1.60 bits per heavy atom. The summed E-state index contributed by atoms with van der Waals surface area (Å²) in [5.41, 5.74) is 5.05. The van der Waals surface area contributed by atoms with Crippen LogP contribution in [0.1, 0.15) is 35.5 Å². The molecule has 7 heteroatoms. The van der Waals surface area contributed by atoms with Gasteiger partial charge in [-0.05, 0) is 40.9 Å². The number of ether oxygens (including phenoxy) is 1. The zero-order chi connectivity index (χ0) is 14.7. The molecule has 1 unspecified atom stereocenters. The lowest BCUT2D eigenvalue weighted by Crippen LogP contribution is -2.30. The van der Waals surface area contributed by atoms with Gasteiger partial charge in [0.25, 0.3) is 0 Å². The van der Waals surface area contributed by atoms with Gasteiger partial charge in [0, 0.05) is 11.4 Å². The van der Waals surface area contributed by atoms with E-state index in [1.165, 1.54) is 5.56 Å². The second-order valence-corrected chi connectivity index (χ2v) is 6.93. The van der Waals surface area contributed by atoms with E-state index in [2.05, 4.69) is 46.4 Å². The molecule has 2 aromatic heterocycles. The van der Waals surface area contributed by atoms with E-state index in [-0.39, 0.29) is 6.04 Å². The molecular formula is C13H19BrN4OS. The van der Waals surface area contributed by atoms with Crippen molar-refractivity contribution in [2.75, 3.05) is 7.11 Å². The third kappa shape index (κ3) is 2.90. The van der Waals surface area contributed by atoms with Crippen molar-refractivity contribution in [2.45, 2.75) is 32.9 Å². The number of hydrogen-bond donors (Lipinski definition) is 2. The summed E-state index contributed by atoms with van der Waals surface area (Å²) >= 11 is 5.23. The molecule has 5 nitrogen and oxygen atoms in total. The van der Waals surface area contributed by atoms with Gasteiger partial charge in [-0.2, -0.15) is 5.10 Å². The minimum atomic E-state index is -0.131. The molecule has 2 rings (SSSR count). The van der Waals surface area contributed by atoms with Gasteiger partial charge in [-0.1, -0.05) is 6.92 Å². The first-order valence-electron chi connectivity index (χ1n) is 6.44. The van der Waals surface area contributed by atoms with E-state index in [0.29, 0.717) is 0 Å². The molecule has 0 aliphatic rings. The number of halogens is 1. The zero-order valence-corrected chi connectivity index (χ0v) is 14.2. The molecule has 0 saturated carbocycles. The number of rotatable bonds is 6. The molecule has 2 heterocycles. The molecule has 0 radical (unpaired) electrons. The lowest BCUT2D eigenvalue weighted by Gasteiger charge is -2.17. The van der Waals surface area contributed by atoms with Crippen molar-refractivity contribution in [2.24, 2.45) is 5.84 Å². The van der Waals surface area contributed by atoms with Crippen molar-refractivity contribution in [1.29, 1.82) is 0 Å². The summed E-state index contributed by atoms with van der Waals surface area (Å²) < 4.78 is 8.50. The van der Waals surface area contributed by atoms with Crippen LogP contribution in [0.5, 0.6) is 5.75 Å². The standard InChI is InChI=1S/C13H19BrN4OS/c1-4-5-18-12(9(19-3)7-16-18)11(17-15)10-6-8(2)13(14)20-10/h6-7,11,17H,4-5,15H2,1-3H3. The van der Waals surface area contributed by atoms with Gasteiger partial charge in [0.15, 0.2) is 5.75 Å². The maximum Gasteiger partial charge on any atom is 0.162 e. The summed E-state index contributed by atoms with van der Waals surface area (Å²) in [5.74, 6) is 6.54. The molecule has 0 bridgehead atoms. The topological polar surface area (TPSA) is 65.1 Å². The summed E-state index contributed by atoms with van der Waals surface area (Å²) in [7, 11) is 1.65. The Morgan fingerprint density at radius 2 is 2.35 bits per heavy atom. The quantitative estimate of drug-likeness (QED) is 0.615. The fraction of sp³-hybridized carbons (Fsp3) is 0.462. The Bertz CT molecular complexity index is 561. The van der Waals surface area contributed by atoms with Crippen molar-refractivity contribution >= 4 is 27.3 Å². The van der Waals surface area contributed by atoms with Crippen LogP contribution in [0.2, 0.25) is 0 Å². The number of nitrogens with one attached hydrogen (secondary N) is 1. The van der Waals surface area contributed by atoms with Gasteiger partial charge in [0.05, 0.1) is 17.1 Å². The number of hydrazine groups is 1. The van der Waals surface area contributed by atoms with Crippen LogP contribution in [0, 0.1) is 6.92 Å². The van der Waals surface area contributed by atoms with E-state index < -0.39 is 0 Å². The van der Waals surface area contributed by atoms with E-state index >= 15 is 0 Å². The number of aromatic nitrogens is 2. The minimum absolute atomic E-state index is 0.131. The number of thiophene rings is 1. The molecule has 0 spiro atoms. The number of nitrogens with zero attached hydrogens (tertiary/aromatic N) is 2. The van der Waals surface area contributed by atoms with Crippen LogP contribution >= 0.6 is 27.3 Å². The lowest BCUT2D eigenvalue weighted by molar-refractivity contribution is 0.399. The Hall–Kier alpha value is -0.890. The summed E-state index contributed by atoms with van der Waals surface area (Å²) in [6.45, 7) is 5.02. The molecule has 0 aliphatic heterocycles. The normalized spacial score (nSPS) is 12.7. The summed E-state index contributed by atoms with van der Waals surface area (Å²) in [4.78, 5) is 1.13. The molecule has 2 aromatic rings. The van der Waals surface area contributed by atoms with Crippen LogP contribution in [0.25, 0.3) is 0 Å². The first kappa shape index (κ1) is 15.5. The third-order valence-corrected chi connectivity index (χ3v) is 5.30. The Morgan fingerprint density at radius 3 is 2.85 bits per heavy atom. The Kier molecular flexibility index (Phi) is 5.20. The molecule has 110 valence electrons. The van der Waals surface area contributed by atoms with Crippen molar-refractivity contribution in [3.8, 4) is 5.75 Å². The average Bonchev–Trinajstić information content (AvgIpc) is 2.97. The summed E-state index contributed by atoms with van der Waals surface area (Å²) in [6.07, 6.45) is 2.74. The maximum absolute atomic E-state index is 5.79. The first-order valence-corrected chi connectivity index (χ1v) is 8.04. The van der Waals surface area contributed by atoms with Crippen molar-refractivity contribution in [1.82, 2.24) is 15.2 Å². The van der Waals surface area contributed by atoms with Gasteiger partial charge in [-0.3, -0.25) is 10.5 Å². The number of nitrogens with two attached hydrogens (primary N) is 1. The Labute approximate surface area is 131 Å². The number of methoxy groups -OCH3 is 1. The molecule has 0 aliphatic carbocycles. The molecule has 0 aromatic carbocycles. The van der Waals surface area contributed by atoms with Gasteiger partial charge >= 0.3 is 0 Å². The highest BCUT2D eigenvalue weighted by atomic mass is 79.9. The van der Waals surface area contributed by atoms with Crippen LogP contribution in [0.15, 0.2) is 16.0 Å². The van der Waals surface area contributed by atoms with Gasteiger partial charge in [-0.25, -0.2) is 5.43 Å². The van der Waals surface area contributed by atoms with E-state index in [9.17, 15) is 0 Å². The molecule has 0 fully saturated rings. The molecule has 0 saturated heterocycles. The van der Waals surface area contributed by atoms with Crippen molar-refractivity contribution in [3.05, 3.63) is 32.2 Å². The van der Waals surface area contributed by atoms with Gasteiger partial charge in [0.1, 0.15) is 11.7 Å². The van der Waals surface area contributed by atoms with Crippen LogP contribution in [-0.2, 0) is 6.54 Å². The van der Waals surface area contributed by atoms with E-state index in [0.717, 1.165) is 33.1 Å². The average molecular weight is 359 g/mol. The van der Waals surface area contributed by atoms with Crippen LogP contribution < -0.4 is 16.0 Å². The lowest BCUT2D eigenvalue weighted by atomic mass is 10.1. The van der Waals surface area contributed by atoms with Gasteiger partial charge < -0.3 is 4.74 Å². The second-order valence-electron chi connectivity index (χ2n) is 4.53. The molecule has 1 atom stereocenters. The number of hydrogen-bond acceptors (Lipinski definition) is 5. The highest BCUT2D eigenvalue weighted by Crippen LogP contribution is 2.37. The van der Waals surface area contributed by atoms with E-state index in [4.69, 9.17) is 10.6 Å². The molecule has 0 amide bonds. The predicted octanol–water partition coefficient (Wildman–Crippen LogP) is 2.99. The minimum Gasteiger partial charge on any atom is -0.493 e. The second kappa shape index (κ2) is 6.71. The summed E-state index contributed by atoms with van der Waals surface area (Å²) in [5, 5.41) is 4.39. The largest absolute Gasteiger partial charge is 0.493 e. The summed E-state index contributed by atoms with van der Waals surface area (Å²) in [6, 6.07) is 2.00. The van der Waals surface area contributed by atoms with E-state index in [1.807, 2.05) is 4.68 Å². The monoisotopic (exact) mass is 358 g/mol. The molecular weight excluding hydrogens is 340 g/mol. The van der Waals surface area contributed by atoms with Crippen molar-refractivity contribution < 1.29 is 4.74 Å². The van der Waals surface area contributed by atoms with Crippen molar-refractivity contribution in [3.63, 3.8) is 0 Å². The first-order chi connectivity index (χ1) is 9.62. The highest BCUT2D eigenvalue weighted by molar-refractivity contribution is 9.11.